The van der Waals surface area contributed by atoms with E-state index in [2.05, 4.69) is 22.9 Å². The van der Waals surface area contributed by atoms with Crippen LogP contribution in [-0.2, 0) is 11.3 Å². The van der Waals surface area contributed by atoms with Gasteiger partial charge in [0.05, 0.1) is 6.10 Å². The minimum atomic E-state index is 0.367. The van der Waals surface area contributed by atoms with Crippen molar-refractivity contribution in [3.8, 4) is 6.07 Å². The van der Waals surface area contributed by atoms with Crippen LogP contribution in [0.1, 0.15) is 37.4 Å². The fraction of sp³-hybridized carbons (Fsp3) is 0.600. The van der Waals surface area contributed by atoms with Gasteiger partial charge < -0.3 is 4.74 Å². The quantitative estimate of drug-likeness (QED) is 0.814. The van der Waals surface area contributed by atoms with Crippen LogP contribution in [0, 0.1) is 11.3 Å². The molecule has 0 saturated carbocycles. The summed E-state index contributed by atoms with van der Waals surface area (Å²) in [5.41, 5.74) is 1.65. The van der Waals surface area contributed by atoms with Gasteiger partial charge in [0.1, 0.15) is 11.8 Å². The molecule has 2 rings (SSSR count). The van der Waals surface area contributed by atoms with Gasteiger partial charge in [-0.15, -0.1) is 0 Å². The van der Waals surface area contributed by atoms with E-state index >= 15 is 0 Å². The highest BCUT2D eigenvalue weighted by atomic mass is 16.5. The lowest BCUT2D eigenvalue weighted by Gasteiger charge is -2.32. The van der Waals surface area contributed by atoms with Gasteiger partial charge in [-0.05, 0) is 43.5 Å². The maximum Gasteiger partial charge on any atom is 0.140 e. The van der Waals surface area contributed by atoms with Gasteiger partial charge in [-0.2, -0.15) is 5.26 Å². The summed E-state index contributed by atoms with van der Waals surface area (Å²) in [4.78, 5) is 6.41. The zero-order valence-corrected chi connectivity index (χ0v) is 11.5. The molecule has 1 fully saturated rings. The summed E-state index contributed by atoms with van der Waals surface area (Å²) in [6.07, 6.45) is 5.50. The number of hydrogen-bond acceptors (Lipinski definition) is 4. The van der Waals surface area contributed by atoms with Gasteiger partial charge in [-0.25, -0.2) is 4.98 Å². The monoisotopic (exact) mass is 259 g/mol. The predicted molar refractivity (Wildman–Crippen MR) is 73.5 cm³/mol. The van der Waals surface area contributed by atoms with Gasteiger partial charge in [0, 0.05) is 25.9 Å². The number of hydrogen-bond donors (Lipinski definition) is 0. The number of piperidine rings is 1. The van der Waals surface area contributed by atoms with Crippen molar-refractivity contribution in [1.29, 1.82) is 5.26 Å². The van der Waals surface area contributed by atoms with Gasteiger partial charge in [0.2, 0.25) is 0 Å². The third-order valence-electron chi connectivity index (χ3n) is 3.37. The highest BCUT2D eigenvalue weighted by Gasteiger charge is 2.20. The second-order valence-corrected chi connectivity index (χ2v) is 5.03. The van der Waals surface area contributed by atoms with Gasteiger partial charge in [0.15, 0.2) is 0 Å². The molecule has 1 aliphatic rings. The maximum atomic E-state index is 8.86. The van der Waals surface area contributed by atoms with Gasteiger partial charge in [-0.3, -0.25) is 4.90 Å². The van der Waals surface area contributed by atoms with Gasteiger partial charge in [-0.1, -0.05) is 6.92 Å². The van der Waals surface area contributed by atoms with E-state index in [0.717, 1.165) is 44.6 Å². The summed E-state index contributed by atoms with van der Waals surface area (Å²) < 4.78 is 5.84. The normalized spacial score (nSPS) is 20.1. The largest absolute Gasteiger partial charge is 0.377 e. The van der Waals surface area contributed by atoms with Crippen molar-refractivity contribution in [1.82, 2.24) is 9.88 Å². The summed E-state index contributed by atoms with van der Waals surface area (Å²) >= 11 is 0. The molecular formula is C15H21N3O. The summed E-state index contributed by atoms with van der Waals surface area (Å²) in [6.45, 7) is 5.97. The summed E-state index contributed by atoms with van der Waals surface area (Å²) in [5.74, 6) is 0. The second-order valence-electron chi connectivity index (χ2n) is 5.03. The average molecular weight is 259 g/mol. The van der Waals surface area contributed by atoms with Crippen LogP contribution in [-0.4, -0.2) is 35.7 Å². The van der Waals surface area contributed by atoms with Crippen LogP contribution in [0.4, 0.5) is 0 Å². The number of rotatable bonds is 5. The fourth-order valence-electron chi connectivity index (χ4n) is 2.47. The van der Waals surface area contributed by atoms with Crippen LogP contribution in [0.15, 0.2) is 18.3 Å². The van der Waals surface area contributed by atoms with E-state index in [4.69, 9.17) is 10.00 Å². The highest BCUT2D eigenvalue weighted by molar-refractivity contribution is 5.25. The second kappa shape index (κ2) is 7.22. The average Bonchev–Trinajstić information content (AvgIpc) is 2.46. The molecule has 4 heteroatoms. The van der Waals surface area contributed by atoms with E-state index in [1.807, 2.05) is 12.1 Å². The topological polar surface area (TPSA) is 49.1 Å². The molecule has 19 heavy (non-hydrogen) atoms. The van der Waals surface area contributed by atoms with Crippen LogP contribution in [0.25, 0.3) is 0 Å². The molecule has 0 amide bonds. The maximum absolute atomic E-state index is 8.86. The molecule has 4 nitrogen and oxygen atoms in total. The minimum absolute atomic E-state index is 0.367. The van der Waals surface area contributed by atoms with Crippen molar-refractivity contribution < 1.29 is 4.74 Å². The molecule has 102 valence electrons. The van der Waals surface area contributed by atoms with E-state index in [1.54, 1.807) is 6.20 Å². The van der Waals surface area contributed by atoms with E-state index in [0.29, 0.717) is 11.8 Å². The Morgan fingerprint density at radius 3 is 3.26 bits per heavy atom. The first kappa shape index (κ1) is 14.0. The van der Waals surface area contributed by atoms with Crippen LogP contribution < -0.4 is 0 Å². The molecule has 0 bridgehead atoms. The molecule has 0 aliphatic carbocycles. The Morgan fingerprint density at radius 1 is 1.58 bits per heavy atom. The van der Waals surface area contributed by atoms with Crippen molar-refractivity contribution >= 4 is 0 Å². The van der Waals surface area contributed by atoms with Gasteiger partial charge >= 0.3 is 0 Å². The molecule has 1 atom stereocenters. The fourth-order valence-corrected chi connectivity index (χ4v) is 2.47. The SMILES string of the molecule is CCCOC1CCCN(Cc2ccnc(C#N)c2)C1. The Bertz CT molecular complexity index is 441. The van der Waals surface area contributed by atoms with E-state index in [-0.39, 0.29) is 0 Å². The smallest absolute Gasteiger partial charge is 0.140 e. The van der Waals surface area contributed by atoms with E-state index in [1.165, 1.54) is 6.42 Å². The zero-order valence-electron chi connectivity index (χ0n) is 11.5. The Balaban J connectivity index is 1.89. The van der Waals surface area contributed by atoms with Crippen LogP contribution in [0.3, 0.4) is 0 Å². The molecule has 1 saturated heterocycles. The Labute approximate surface area is 115 Å². The minimum Gasteiger partial charge on any atom is -0.377 e. The van der Waals surface area contributed by atoms with E-state index < -0.39 is 0 Å². The number of nitrogens with zero attached hydrogens (tertiary/aromatic N) is 3. The molecule has 0 radical (unpaired) electrons. The number of ether oxygens (including phenoxy) is 1. The van der Waals surface area contributed by atoms with Gasteiger partial charge in [0.25, 0.3) is 0 Å². The first-order valence-corrected chi connectivity index (χ1v) is 7.00. The highest BCUT2D eigenvalue weighted by Crippen LogP contribution is 2.16. The molecule has 1 aliphatic heterocycles. The molecule has 0 aromatic carbocycles. The van der Waals surface area contributed by atoms with Crippen LogP contribution in [0.2, 0.25) is 0 Å². The first-order chi connectivity index (χ1) is 9.31. The number of likely N-dealkylation sites (tertiary alicyclic amines) is 1. The molecule has 0 spiro atoms. The lowest BCUT2D eigenvalue weighted by molar-refractivity contribution is -0.00223. The van der Waals surface area contributed by atoms with Crippen LogP contribution in [0.5, 0.6) is 0 Å². The lowest BCUT2D eigenvalue weighted by atomic mass is 10.1. The molecule has 1 aromatic heterocycles. The molecule has 1 aromatic rings. The van der Waals surface area contributed by atoms with Crippen molar-refractivity contribution in [2.24, 2.45) is 0 Å². The number of pyridine rings is 1. The first-order valence-electron chi connectivity index (χ1n) is 7.00. The Morgan fingerprint density at radius 2 is 2.47 bits per heavy atom. The summed E-state index contributed by atoms with van der Waals surface area (Å²) in [7, 11) is 0. The Kier molecular flexibility index (Phi) is 5.31. The standard InChI is InChI=1S/C15H21N3O/c1-2-8-19-15-4-3-7-18(12-15)11-13-5-6-17-14(9-13)10-16/h5-6,9,15H,2-4,7-8,11-12H2,1H3. The van der Waals surface area contributed by atoms with Crippen molar-refractivity contribution in [3.05, 3.63) is 29.6 Å². The Hall–Kier alpha value is -1.44. The summed E-state index contributed by atoms with van der Waals surface area (Å²) in [5, 5.41) is 8.86. The lowest BCUT2D eigenvalue weighted by Crippen LogP contribution is -2.39. The van der Waals surface area contributed by atoms with Crippen LogP contribution >= 0.6 is 0 Å². The molecule has 0 N–H and O–H groups in total. The van der Waals surface area contributed by atoms with Crippen molar-refractivity contribution in [2.45, 2.75) is 38.8 Å². The molecule has 2 heterocycles. The zero-order chi connectivity index (χ0) is 13.5. The third-order valence-corrected chi connectivity index (χ3v) is 3.37. The molecular weight excluding hydrogens is 238 g/mol. The van der Waals surface area contributed by atoms with E-state index in [9.17, 15) is 0 Å². The summed E-state index contributed by atoms with van der Waals surface area (Å²) in [6, 6.07) is 5.94. The van der Waals surface area contributed by atoms with Crippen molar-refractivity contribution in [2.75, 3.05) is 19.7 Å². The number of nitriles is 1. The predicted octanol–water partition coefficient (Wildman–Crippen LogP) is 2.34. The molecule has 1 unspecified atom stereocenters. The third kappa shape index (κ3) is 4.30. The van der Waals surface area contributed by atoms with Crippen molar-refractivity contribution in [3.63, 3.8) is 0 Å². The number of aromatic nitrogens is 1.